The highest BCUT2D eigenvalue weighted by atomic mass is 35.5. The Morgan fingerprint density at radius 3 is 2.87 bits per heavy atom. The zero-order chi connectivity index (χ0) is 11.3. The molecule has 0 aromatic heterocycles. The van der Waals surface area contributed by atoms with Crippen molar-refractivity contribution in [3.63, 3.8) is 0 Å². The minimum absolute atomic E-state index is 0.151. The van der Waals surface area contributed by atoms with Crippen LogP contribution in [-0.4, -0.2) is 11.6 Å². The van der Waals surface area contributed by atoms with Crippen LogP contribution >= 0.6 is 23.4 Å². The van der Waals surface area contributed by atoms with Crippen molar-refractivity contribution in [2.75, 3.05) is 11.6 Å². The Labute approximate surface area is 100 Å². The molecule has 0 saturated carbocycles. The van der Waals surface area contributed by atoms with Crippen LogP contribution in [0.15, 0.2) is 18.2 Å². The van der Waals surface area contributed by atoms with E-state index >= 15 is 0 Å². The molecule has 0 amide bonds. The molecule has 3 heteroatoms. The van der Waals surface area contributed by atoms with Crippen molar-refractivity contribution in [1.29, 1.82) is 0 Å². The topological polar surface area (TPSA) is 0 Å². The molecule has 0 heterocycles. The fourth-order valence-corrected chi connectivity index (χ4v) is 2.62. The van der Waals surface area contributed by atoms with Gasteiger partial charge in [0.1, 0.15) is 5.82 Å². The molecule has 0 radical (unpaired) electrons. The number of halogens is 2. The molecule has 0 fully saturated rings. The van der Waals surface area contributed by atoms with Crippen LogP contribution in [0.5, 0.6) is 0 Å². The number of hydrogen-bond donors (Lipinski definition) is 0. The lowest BCUT2D eigenvalue weighted by molar-refractivity contribution is 0.626. The summed E-state index contributed by atoms with van der Waals surface area (Å²) in [6.45, 7) is 4.14. The van der Waals surface area contributed by atoms with Crippen LogP contribution < -0.4 is 0 Å². The van der Waals surface area contributed by atoms with Crippen molar-refractivity contribution in [1.82, 2.24) is 0 Å². The maximum atomic E-state index is 13.0. The van der Waals surface area contributed by atoms with Crippen LogP contribution in [0.2, 0.25) is 0 Å². The predicted molar refractivity (Wildman–Crippen MR) is 67.2 cm³/mol. The third kappa shape index (κ3) is 4.43. The Morgan fingerprint density at radius 2 is 2.20 bits per heavy atom. The quantitative estimate of drug-likeness (QED) is 0.701. The van der Waals surface area contributed by atoms with Gasteiger partial charge in [-0.1, -0.05) is 13.0 Å². The van der Waals surface area contributed by atoms with Gasteiger partial charge in [0.05, 0.1) is 0 Å². The van der Waals surface area contributed by atoms with Gasteiger partial charge in [0.25, 0.3) is 0 Å². The van der Waals surface area contributed by atoms with Gasteiger partial charge in [-0.3, -0.25) is 0 Å². The Balaban J connectivity index is 2.46. The van der Waals surface area contributed by atoms with Crippen molar-refractivity contribution >= 4 is 23.4 Å². The second-order valence-corrected chi connectivity index (χ2v) is 5.18. The molecule has 1 atom stereocenters. The van der Waals surface area contributed by atoms with Gasteiger partial charge in [0, 0.05) is 11.6 Å². The van der Waals surface area contributed by atoms with Gasteiger partial charge in [-0.2, -0.15) is 11.8 Å². The molecular formula is C12H16ClFS. The molecule has 1 rings (SSSR count). The molecule has 1 aromatic carbocycles. The molecule has 0 aliphatic carbocycles. The van der Waals surface area contributed by atoms with Crippen LogP contribution in [0.3, 0.4) is 0 Å². The average Bonchev–Trinajstić information content (AvgIpc) is 2.23. The highest BCUT2D eigenvalue weighted by molar-refractivity contribution is 7.98. The minimum atomic E-state index is -0.151. The summed E-state index contributed by atoms with van der Waals surface area (Å²) in [4.78, 5) is 0. The summed E-state index contributed by atoms with van der Waals surface area (Å²) in [7, 11) is 0. The lowest BCUT2D eigenvalue weighted by Crippen LogP contribution is -2.00. The van der Waals surface area contributed by atoms with E-state index in [-0.39, 0.29) is 5.82 Å². The largest absolute Gasteiger partial charge is 0.207 e. The summed E-state index contributed by atoms with van der Waals surface area (Å²) in [5.74, 6) is 2.95. The van der Waals surface area contributed by atoms with E-state index in [0.29, 0.717) is 11.8 Å². The molecule has 0 N–H and O–H groups in total. The summed E-state index contributed by atoms with van der Waals surface area (Å²) in [5.41, 5.74) is 2.24. The first-order valence-corrected chi connectivity index (χ1v) is 6.71. The zero-order valence-electron chi connectivity index (χ0n) is 9.09. The number of thioether (sulfide) groups is 1. The average molecular weight is 247 g/mol. The maximum Gasteiger partial charge on any atom is 0.123 e. The molecular weight excluding hydrogens is 231 g/mol. The second kappa shape index (κ2) is 6.39. The van der Waals surface area contributed by atoms with E-state index in [2.05, 4.69) is 6.92 Å². The lowest BCUT2D eigenvalue weighted by Gasteiger charge is -2.08. The molecule has 0 spiro atoms. The van der Waals surface area contributed by atoms with Crippen molar-refractivity contribution in [2.45, 2.75) is 19.6 Å². The van der Waals surface area contributed by atoms with Gasteiger partial charge in [-0.15, -0.1) is 11.6 Å². The van der Waals surface area contributed by atoms with Crippen LogP contribution in [0, 0.1) is 18.7 Å². The minimum Gasteiger partial charge on any atom is -0.207 e. The van der Waals surface area contributed by atoms with E-state index in [1.165, 1.54) is 6.07 Å². The van der Waals surface area contributed by atoms with Crippen LogP contribution in [0.1, 0.15) is 18.1 Å². The Kier molecular flexibility index (Phi) is 5.48. The van der Waals surface area contributed by atoms with E-state index in [1.807, 2.05) is 24.8 Å². The molecule has 0 aliphatic rings. The molecule has 84 valence electrons. The molecule has 15 heavy (non-hydrogen) atoms. The maximum absolute atomic E-state index is 13.0. The number of rotatable bonds is 5. The van der Waals surface area contributed by atoms with Gasteiger partial charge in [0.15, 0.2) is 0 Å². The van der Waals surface area contributed by atoms with E-state index in [4.69, 9.17) is 11.6 Å². The number of alkyl halides is 1. The standard InChI is InChI=1S/C12H16ClFS/c1-9(6-13)7-15-8-11-5-12(14)4-3-10(11)2/h3-5,9H,6-8H2,1-2H3. The van der Waals surface area contributed by atoms with Crippen molar-refractivity contribution in [2.24, 2.45) is 5.92 Å². The SMILES string of the molecule is Cc1ccc(F)cc1CSCC(C)CCl. The lowest BCUT2D eigenvalue weighted by atomic mass is 10.1. The number of benzene rings is 1. The first-order valence-electron chi connectivity index (χ1n) is 5.02. The number of aryl methyl sites for hydroxylation is 1. The van der Waals surface area contributed by atoms with Gasteiger partial charge in [-0.05, 0) is 41.9 Å². The second-order valence-electron chi connectivity index (χ2n) is 3.85. The summed E-state index contributed by atoms with van der Waals surface area (Å²) in [6, 6.07) is 4.95. The molecule has 0 aliphatic heterocycles. The third-order valence-electron chi connectivity index (χ3n) is 2.23. The monoisotopic (exact) mass is 246 g/mol. The summed E-state index contributed by atoms with van der Waals surface area (Å²) >= 11 is 7.53. The van der Waals surface area contributed by atoms with E-state index in [0.717, 1.165) is 22.6 Å². The Morgan fingerprint density at radius 1 is 1.47 bits per heavy atom. The van der Waals surface area contributed by atoms with Crippen LogP contribution in [0.25, 0.3) is 0 Å². The van der Waals surface area contributed by atoms with Gasteiger partial charge in [-0.25, -0.2) is 4.39 Å². The highest BCUT2D eigenvalue weighted by Crippen LogP contribution is 2.19. The first-order chi connectivity index (χ1) is 7.13. The highest BCUT2D eigenvalue weighted by Gasteiger charge is 2.03. The summed E-state index contributed by atoms with van der Waals surface area (Å²) in [5, 5.41) is 0. The van der Waals surface area contributed by atoms with Gasteiger partial charge >= 0.3 is 0 Å². The van der Waals surface area contributed by atoms with Crippen molar-refractivity contribution < 1.29 is 4.39 Å². The van der Waals surface area contributed by atoms with Crippen LogP contribution in [0.4, 0.5) is 4.39 Å². The predicted octanol–water partition coefficient (Wildman–Crippen LogP) is 4.24. The fourth-order valence-electron chi connectivity index (χ4n) is 1.21. The van der Waals surface area contributed by atoms with Crippen molar-refractivity contribution in [3.8, 4) is 0 Å². The zero-order valence-corrected chi connectivity index (χ0v) is 10.7. The first kappa shape index (κ1) is 12.9. The molecule has 0 saturated heterocycles. The smallest absolute Gasteiger partial charge is 0.123 e. The normalized spacial score (nSPS) is 12.8. The Bertz CT molecular complexity index is 314. The van der Waals surface area contributed by atoms with E-state index < -0.39 is 0 Å². The molecule has 0 nitrogen and oxygen atoms in total. The van der Waals surface area contributed by atoms with Gasteiger partial charge in [0.2, 0.25) is 0 Å². The van der Waals surface area contributed by atoms with E-state index in [1.54, 1.807) is 6.07 Å². The summed E-state index contributed by atoms with van der Waals surface area (Å²) in [6.07, 6.45) is 0. The third-order valence-corrected chi connectivity index (χ3v) is 4.08. The summed E-state index contributed by atoms with van der Waals surface area (Å²) < 4.78 is 13.0. The Hall–Kier alpha value is -0.210. The molecule has 1 unspecified atom stereocenters. The van der Waals surface area contributed by atoms with Crippen molar-refractivity contribution in [3.05, 3.63) is 35.1 Å². The molecule has 0 bridgehead atoms. The number of hydrogen-bond acceptors (Lipinski definition) is 1. The van der Waals surface area contributed by atoms with Gasteiger partial charge < -0.3 is 0 Å². The fraction of sp³-hybridized carbons (Fsp3) is 0.500. The van der Waals surface area contributed by atoms with Crippen LogP contribution in [-0.2, 0) is 5.75 Å². The molecule has 1 aromatic rings. The van der Waals surface area contributed by atoms with E-state index in [9.17, 15) is 4.39 Å².